The number of hydrogen-bond donors (Lipinski definition) is 0. The average Bonchev–Trinajstić information content (AvgIpc) is 2.05. The van der Waals surface area contributed by atoms with Gasteiger partial charge in [0.2, 0.25) is 0 Å². The van der Waals surface area contributed by atoms with Crippen LogP contribution in [0.3, 0.4) is 0 Å². The number of halogens is 2. The standard InChI is InChI=1S/C6H3BrIN2/c7-8-6-1-5(2-9)3-10-4-6/h1,3-4H/q-1. The van der Waals surface area contributed by atoms with Crippen molar-refractivity contribution >= 4 is 12.7 Å². The van der Waals surface area contributed by atoms with Crippen LogP contribution in [0.1, 0.15) is 5.56 Å². The second-order valence-corrected chi connectivity index (χ2v) is 5.24. The SMILES string of the molecule is N#Cc1cncc([I-]Br)c1. The zero-order chi connectivity index (χ0) is 7.40. The summed E-state index contributed by atoms with van der Waals surface area (Å²) in [7, 11) is 0. The van der Waals surface area contributed by atoms with Crippen molar-refractivity contribution in [1.29, 1.82) is 5.26 Å². The van der Waals surface area contributed by atoms with Crippen molar-refractivity contribution < 1.29 is 19.0 Å². The first-order valence-electron chi connectivity index (χ1n) is 2.48. The molecule has 0 amide bonds. The maximum absolute atomic E-state index is 8.46. The van der Waals surface area contributed by atoms with Gasteiger partial charge in [-0.25, -0.2) is 0 Å². The summed E-state index contributed by atoms with van der Waals surface area (Å²) in [5.74, 6) is 0. The molecule has 0 N–H and O–H groups in total. The predicted molar refractivity (Wildman–Crippen MR) is 36.6 cm³/mol. The molecular formula is C6H3BrIN2-. The fourth-order valence-corrected chi connectivity index (χ4v) is 2.33. The molecule has 1 aromatic heterocycles. The molecule has 1 aromatic rings. The molecule has 1 rings (SSSR count). The zero-order valence-corrected chi connectivity index (χ0v) is 8.63. The van der Waals surface area contributed by atoms with Crippen LogP contribution in [0.4, 0.5) is 0 Å². The number of rotatable bonds is 1. The molecule has 2 nitrogen and oxygen atoms in total. The Morgan fingerprint density at radius 1 is 1.60 bits per heavy atom. The Morgan fingerprint density at radius 3 is 3.00 bits per heavy atom. The number of nitriles is 1. The van der Waals surface area contributed by atoms with Crippen LogP contribution < -0.4 is 19.0 Å². The molecule has 10 heavy (non-hydrogen) atoms. The summed E-state index contributed by atoms with van der Waals surface area (Å²) in [6, 6.07) is 3.89. The number of nitrogens with zero attached hydrogens (tertiary/aromatic N) is 2. The van der Waals surface area contributed by atoms with Crippen molar-refractivity contribution in [3.8, 4) is 6.07 Å². The number of pyridine rings is 1. The van der Waals surface area contributed by atoms with Crippen LogP contribution in [0.2, 0.25) is 0 Å². The quantitative estimate of drug-likeness (QED) is 0.594. The molecule has 0 saturated heterocycles. The fraction of sp³-hybridized carbons (Fsp3) is 0. The van der Waals surface area contributed by atoms with Gasteiger partial charge in [-0.05, 0) is 0 Å². The molecule has 0 radical (unpaired) electrons. The molecule has 0 saturated carbocycles. The van der Waals surface area contributed by atoms with Gasteiger partial charge in [0.05, 0.1) is 0 Å². The van der Waals surface area contributed by atoms with Gasteiger partial charge in [-0.15, -0.1) is 0 Å². The molecule has 0 aliphatic heterocycles. The van der Waals surface area contributed by atoms with E-state index in [9.17, 15) is 0 Å². The Kier molecular flexibility index (Phi) is 3.09. The molecule has 0 fully saturated rings. The van der Waals surface area contributed by atoms with Gasteiger partial charge < -0.3 is 0 Å². The third-order valence-corrected chi connectivity index (χ3v) is 4.30. The van der Waals surface area contributed by atoms with E-state index in [1.807, 2.05) is 12.1 Å². The average molecular weight is 310 g/mol. The minimum atomic E-state index is -0.115. The van der Waals surface area contributed by atoms with Gasteiger partial charge in [-0.3, -0.25) is 0 Å². The molecule has 0 unspecified atom stereocenters. The summed E-state index contributed by atoms with van der Waals surface area (Å²) in [5, 5.41) is 8.46. The van der Waals surface area contributed by atoms with Gasteiger partial charge in [-0.2, -0.15) is 0 Å². The fourth-order valence-electron chi connectivity index (χ4n) is 0.512. The summed E-state index contributed by atoms with van der Waals surface area (Å²) in [4.78, 5) is 3.90. The minimum absolute atomic E-state index is 0.115. The first kappa shape index (κ1) is 7.95. The van der Waals surface area contributed by atoms with Crippen molar-refractivity contribution in [2.24, 2.45) is 0 Å². The topological polar surface area (TPSA) is 36.7 Å². The van der Waals surface area contributed by atoms with E-state index in [4.69, 9.17) is 5.26 Å². The van der Waals surface area contributed by atoms with Crippen molar-refractivity contribution in [1.82, 2.24) is 4.98 Å². The Hall–Kier alpha value is -0.150. The van der Waals surface area contributed by atoms with Crippen LogP contribution in [0, 0.1) is 14.9 Å². The summed E-state index contributed by atoms with van der Waals surface area (Å²) in [6.45, 7) is 0. The Balaban J connectivity index is 3.01. The first-order chi connectivity index (χ1) is 4.86. The van der Waals surface area contributed by atoms with Crippen molar-refractivity contribution in [3.05, 3.63) is 27.6 Å². The third-order valence-electron chi connectivity index (χ3n) is 0.916. The van der Waals surface area contributed by atoms with Crippen LogP contribution in [0.5, 0.6) is 0 Å². The summed E-state index contributed by atoms with van der Waals surface area (Å²) in [6.07, 6.45) is 3.35. The second kappa shape index (κ2) is 3.88. The normalized spacial score (nSPS) is 9.20. The first-order valence-corrected chi connectivity index (χ1v) is 8.39. The molecule has 0 aliphatic rings. The van der Waals surface area contributed by atoms with Gasteiger partial charge in [0.1, 0.15) is 0 Å². The molecule has 0 aliphatic carbocycles. The van der Waals surface area contributed by atoms with Gasteiger partial charge in [0, 0.05) is 0 Å². The summed E-state index contributed by atoms with van der Waals surface area (Å²) < 4.78 is 1.14. The summed E-state index contributed by atoms with van der Waals surface area (Å²) in [5.41, 5.74) is 0.636. The Bertz CT molecular complexity index is 269. The van der Waals surface area contributed by atoms with E-state index in [0.717, 1.165) is 3.57 Å². The van der Waals surface area contributed by atoms with Gasteiger partial charge in [-0.1, -0.05) is 0 Å². The van der Waals surface area contributed by atoms with Crippen LogP contribution in [0.25, 0.3) is 0 Å². The van der Waals surface area contributed by atoms with Crippen molar-refractivity contribution in [3.63, 3.8) is 0 Å². The Morgan fingerprint density at radius 2 is 2.40 bits per heavy atom. The van der Waals surface area contributed by atoms with Crippen LogP contribution in [0.15, 0.2) is 18.5 Å². The van der Waals surface area contributed by atoms with E-state index in [1.54, 1.807) is 12.4 Å². The van der Waals surface area contributed by atoms with E-state index >= 15 is 0 Å². The van der Waals surface area contributed by atoms with Crippen LogP contribution in [-0.2, 0) is 0 Å². The van der Waals surface area contributed by atoms with Crippen molar-refractivity contribution in [2.75, 3.05) is 0 Å². The molecular weight excluding hydrogens is 307 g/mol. The third kappa shape index (κ3) is 1.92. The molecule has 1 heterocycles. The molecule has 52 valence electrons. The number of aromatic nitrogens is 1. The van der Waals surface area contributed by atoms with Gasteiger partial charge >= 0.3 is 75.6 Å². The molecule has 0 atom stereocenters. The van der Waals surface area contributed by atoms with Gasteiger partial charge in [0.25, 0.3) is 0 Å². The van der Waals surface area contributed by atoms with E-state index in [2.05, 4.69) is 17.7 Å². The van der Waals surface area contributed by atoms with Crippen molar-refractivity contribution in [2.45, 2.75) is 0 Å². The van der Waals surface area contributed by atoms with E-state index < -0.39 is 0 Å². The molecule has 4 heteroatoms. The molecule has 0 aromatic carbocycles. The predicted octanol–water partition coefficient (Wildman–Crippen LogP) is -1.48. The molecule has 0 spiro atoms. The second-order valence-electron chi connectivity index (χ2n) is 1.58. The van der Waals surface area contributed by atoms with Crippen LogP contribution >= 0.6 is 12.7 Å². The monoisotopic (exact) mass is 309 g/mol. The molecule has 0 bridgehead atoms. The summed E-state index contributed by atoms with van der Waals surface area (Å²) >= 11 is 3.27. The van der Waals surface area contributed by atoms with Crippen LogP contribution in [-0.4, -0.2) is 4.98 Å². The van der Waals surface area contributed by atoms with E-state index in [1.165, 1.54) is 0 Å². The number of hydrogen-bond acceptors (Lipinski definition) is 2. The zero-order valence-electron chi connectivity index (χ0n) is 4.88. The van der Waals surface area contributed by atoms with E-state index in [0.29, 0.717) is 5.56 Å². The maximum atomic E-state index is 8.46. The van der Waals surface area contributed by atoms with Gasteiger partial charge in [0.15, 0.2) is 0 Å². The Labute approximate surface area is 75.3 Å². The van der Waals surface area contributed by atoms with E-state index in [-0.39, 0.29) is 19.0 Å².